The molecule has 0 spiro atoms. The van der Waals surface area contributed by atoms with E-state index in [-0.39, 0.29) is 6.42 Å². The van der Waals surface area contributed by atoms with Crippen LogP contribution in [0.2, 0.25) is 0 Å². The van der Waals surface area contributed by atoms with Gasteiger partial charge in [0.1, 0.15) is 11.6 Å². The lowest BCUT2D eigenvalue weighted by Crippen LogP contribution is -2.43. The fraction of sp³-hybridized carbons (Fsp3) is 0.667. The summed E-state index contributed by atoms with van der Waals surface area (Å²) in [4.78, 5) is 33.4. The molecule has 7 nitrogen and oxygen atoms in total. The predicted octanol–water partition coefficient (Wildman–Crippen LogP) is -1.99. The highest BCUT2D eigenvalue weighted by molar-refractivity contribution is 5.96. The van der Waals surface area contributed by atoms with Gasteiger partial charge in [-0.3, -0.25) is 4.79 Å². The number of carbonyl (C=O) groups excluding carboxylic acids is 3. The molecule has 0 aromatic rings. The third-order valence-electron chi connectivity index (χ3n) is 2.43. The summed E-state index contributed by atoms with van der Waals surface area (Å²) in [6.07, 6.45) is 0.804. The molecule has 1 aliphatic carbocycles. The Hall–Kier alpha value is -1.47. The van der Waals surface area contributed by atoms with Crippen LogP contribution in [0.3, 0.4) is 0 Å². The normalized spacial score (nSPS) is 18.6. The average molecular weight is 229 g/mol. The molecule has 0 heterocycles. The van der Waals surface area contributed by atoms with Crippen LogP contribution in [0.25, 0.3) is 0 Å². The molecule has 0 radical (unpaired) electrons. The molecule has 1 atom stereocenters. The average Bonchev–Trinajstić information content (AvgIpc) is 2.93. The Morgan fingerprint density at radius 1 is 1.44 bits per heavy atom. The second kappa shape index (κ2) is 4.58. The number of ether oxygens (including phenoxy) is 1. The molecule has 1 fully saturated rings. The van der Waals surface area contributed by atoms with Crippen LogP contribution in [0.5, 0.6) is 0 Å². The smallest absolute Gasteiger partial charge is 0.333 e. The Bertz CT molecular complexity index is 325. The van der Waals surface area contributed by atoms with Crippen LogP contribution < -0.4 is 16.8 Å². The maximum atomic E-state index is 11.4. The van der Waals surface area contributed by atoms with Gasteiger partial charge >= 0.3 is 11.9 Å². The minimum absolute atomic E-state index is 0.222. The van der Waals surface area contributed by atoms with E-state index in [1.54, 1.807) is 0 Å². The van der Waals surface area contributed by atoms with Gasteiger partial charge in [-0.1, -0.05) is 0 Å². The molecule has 5 N–H and O–H groups in total. The molecule has 0 aromatic heterocycles. The molecule has 1 rings (SSSR count). The van der Waals surface area contributed by atoms with Gasteiger partial charge in [0.05, 0.1) is 6.42 Å². The standard InChI is InChI=1S/C9H15N3O4/c1-12-5(4-6(10)13)7(14)16-8(15)9(11)2-3-9/h5,12H,2-4,11H2,1H3,(H2,10,13)/t5-/m0/s1. The van der Waals surface area contributed by atoms with Gasteiger partial charge in [-0.15, -0.1) is 0 Å². The number of amides is 1. The Kier molecular flexibility index (Phi) is 3.61. The number of nitrogens with one attached hydrogen (secondary N) is 1. The van der Waals surface area contributed by atoms with Crippen molar-refractivity contribution in [2.75, 3.05) is 7.05 Å². The van der Waals surface area contributed by atoms with Crippen LogP contribution >= 0.6 is 0 Å². The fourth-order valence-corrected chi connectivity index (χ4v) is 1.11. The van der Waals surface area contributed by atoms with Gasteiger partial charge in [0.25, 0.3) is 0 Å². The summed E-state index contributed by atoms with van der Waals surface area (Å²) in [5, 5.41) is 2.54. The quantitative estimate of drug-likeness (QED) is 0.370. The summed E-state index contributed by atoms with van der Waals surface area (Å²) in [7, 11) is 1.47. The lowest BCUT2D eigenvalue weighted by molar-refractivity contribution is -0.163. The summed E-state index contributed by atoms with van der Waals surface area (Å²) < 4.78 is 4.56. The molecular formula is C9H15N3O4. The Morgan fingerprint density at radius 3 is 2.38 bits per heavy atom. The largest absolute Gasteiger partial charge is 0.391 e. The topological polar surface area (TPSA) is 125 Å². The number of rotatable bonds is 5. The molecule has 0 bridgehead atoms. The number of likely N-dealkylation sites (N-methyl/N-ethyl adjacent to an activating group) is 1. The zero-order valence-corrected chi connectivity index (χ0v) is 8.99. The van der Waals surface area contributed by atoms with Gasteiger partial charge in [-0.25, -0.2) is 9.59 Å². The van der Waals surface area contributed by atoms with Crippen LogP contribution in [-0.2, 0) is 19.1 Å². The Morgan fingerprint density at radius 2 is 2.00 bits per heavy atom. The highest BCUT2D eigenvalue weighted by atomic mass is 16.6. The molecule has 1 amide bonds. The van der Waals surface area contributed by atoms with E-state index in [0.29, 0.717) is 12.8 Å². The highest BCUT2D eigenvalue weighted by Gasteiger charge is 2.48. The van der Waals surface area contributed by atoms with E-state index in [9.17, 15) is 14.4 Å². The van der Waals surface area contributed by atoms with Crippen molar-refractivity contribution in [3.8, 4) is 0 Å². The first-order valence-corrected chi connectivity index (χ1v) is 4.89. The molecule has 90 valence electrons. The van der Waals surface area contributed by atoms with E-state index in [2.05, 4.69) is 10.1 Å². The van der Waals surface area contributed by atoms with Crippen molar-refractivity contribution < 1.29 is 19.1 Å². The number of esters is 2. The third-order valence-corrected chi connectivity index (χ3v) is 2.43. The molecule has 16 heavy (non-hydrogen) atoms. The number of nitrogens with two attached hydrogens (primary N) is 2. The first-order chi connectivity index (χ1) is 7.39. The van der Waals surface area contributed by atoms with Crippen molar-refractivity contribution in [1.29, 1.82) is 0 Å². The van der Waals surface area contributed by atoms with Crippen molar-refractivity contribution in [3.05, 3.63) is 0 Å². The summed E-state index contributed by atoms with van der Waals surface area (Å²) in [5.41, 5.74) is 9.47. The monoisotopic (exact) mass is 229 g/mol. The van der Waals surface area contributed by atoms with E-state index in [1.807, 2.05) is 0 Å². The van der Waals surface area contributed by atoms with Crippen LogP contribution in [0.15, 0.2) is 0 Å². The van der Waals surface area contributed by atoms with Crippen molar-refractivity contribution in [2.45, 2.75) is 30.8 Å². The SMILES string of the molecule is CN[C@@H](CC(N)=O)C(=O)OC(=O)C1(N)CC1. The lowest BCUT2D eigenvalue weighted by atomic mass is 10.2. The highest BCUT2D eigenvalue weighted by Crippen LogP contribution is 2.33. The molecule has 0 unspecified atom stereocenters. The summed E-state index contributed by atoms with van der Waals surface area (Å²) in [6, 6.07) is -0.913. The maximum Gasteiger partial charge on any atom is 0.333 e. The van der Waals surface area contributed by atoms with E-state index in [1.165, 1.54) is 7.05 Å². The van der Waals surface area contributed by atoms with Gasteiger partial charge in [-0.2, -0.15) is 0 Å². The second-order valence-corrected chi connectivity index (χ2v) is 3.88. The van der Waals surface area contributed by atoms with E-state index < -0.39 is 29.4 Å². The number of carbonyl (C=O) groups is 3. The van der Waals surface area contributed by atoms with Crippen LogP contribution in [0, 0.1) is 0 Å². The van der Waals surface area contributed by atoms with E-state index in [0.717, 1.165) is 0 Å². The molecular weight excluding hydrogens is 214 g/mol. The Labute approximate surface area is 92.5 Å². The molecule has 1 aliphatic rings. The number of hydrogen-bond donors (Lipinski definition) is 3. The number of primary amides is 1. The van der Waals surface area contributed by atoms with Crippen LogP contribution in [0.4, 0.5) is 0 Å². The Balaban J connectivity index is 2.49. The molecule has 7 heteroatoms. The lowest BCUT2D eigenvalue weighted by Gasteiger charge is -2.14. The molecule has 0 aliphatic heterocycles. The maximum absolute atomic E-state index is 11.4. The van der Waals surface area contributed by atoms with Crippen molar-refractivity contribution in [3.63, 3.8) is 0 Å². The minimum Gasteiger partial charge on any atom is -0.391 e. The zero-order chi connectivity index (χ0) is 12.3. The van der Waals surface area contributed by atoms with E-state index in [4.69, 9.17) is 11.5 Å². The number of hydrogen-bond acceptors (Lipinski definition) is 6. The fourth-order valence-electron chi connectivity index (χ4n) is 1.11. The van der Waals surface area contributed by atoms with Crippen molar-refractivity contribution in [1.82, 2.24) is 5.32 Å². The summed E-state index contributed by atoms with van der Waals surface area (Å²) >= 11 is 0. The third kappa shape index (κ3) is 3.01. The minimum atomic E-state index is -1.01. The van der Waals surface area contributed by atoms with Crippen LogP contribution in [0.1, 0.15) is 19.3 Å². The van der Waals surface area contributed by atoms with Gasteiger partial charge in [0.2, 0.25) is 5.91 Å². The van der Waals surface area contributed by atoms with Gasteiger partial charge in [0, 0.05) is 0 Å². The molecule has 0 aromatic carbocycles. The first kappa shape index (κ1) is 12.6. The first-order valence-electron chi connectivity index (χ1n) is 4.89. The van der Waals surface area contributed by atoms with E-state index >= 15 is 0 Å². The summed E-state index contributed by atoms with van der Waals surface area (Å²) in [6.45, 7) is 0. The molecule has 1 saturated carbocycles. The van der Waals surface area contributed by atoms with Crippen LogP contribution in [-0.4, -0.2) is 36.5 Å². The van der Waals surface area contributed by atoms with Gasteiger partial charge < -0.3 is 21.5 Å². The van der Waals surface area contributed by atoms with Crippen molar-refractivity contribution in [2.24, 2.45) is 11.5 Å². The predicted molar refractivity (Wildman–Crippen MR) is 53.9 cm³/mol. The van der Waals surface area contributed by atoms with Gasteiger partial charge in [0.15, 0.2) is 0 Å². The summed E-state index contributed by atoms with van der Waals surface area (Å²) in [5.74, 6) is -2.23. The van der Waals surface area contributed by atoms with Gasteiger partial charge in [-0.05, 0) is 19.9 Å². The molecule has 0 saturated heterocycles. The second-order valence-electron chi connectivity index (χ2n) is 3.88. The van der Waals surface area contributed by atoms with Crippen molar-refractivity contribution >= 4 is 17.8 Å². The zero-order valence-electron chi connectivity index (χ0n) is 8.99.